The summed E-state index contributed by atoms with van der Waals surface area (Å²) in [4.78, 5) is 27.5. The summed E-state index contributed by atoms with van der Waals surface area (Å²) in [7, 11) is 2.93. The molecule has 2 aromatic rings. The minimum Gasteiger partial charge on any atom is -0.498 e. The number of nitrogens with zero attached hydrogens (tertiary/aromatic N) is 2. The van der Waals surface area contributed by atoms with Crippen molar-refractivity contribution in [3.8, 4) is 0 Å². The Bertz CT molecular complexity index is 1220. The lowest BCUT2D eigenvalue weighted by atomic mass is 9.93. The molecule has 194 valence electrons. The second kappa shape index (κ2) is 11.4. The summed E-state index contributed by atoms with van der Waals surface area (Å²) >= 11 is 0. The summed E-state index contributed by atoms with van der Waals surface area (Å²) in [5.41, 5.74) is 3.07. The summed E-state index contributed by atoms with van der Waals surface area (Å²) < 4.78 is 12.0. The first-order valence-electron chi connectivity index (χ1n) is 12.6. The van der Waals surface area contributed by atoms with Gasteiger partial charge in [0.2, 0.25) is 0 Å². The Hall–Kier alpha value is -2.94. The molecule has 8 nitrogen and oxygen atoms in total. The fraction of sp³-hybridized carbons (Fsp3) is 0.500. The highest BCUT2D eigenvalue weighted by atomic mass is 16.5. The van der Waals surface area contributed by atoms with Crippen LogP contribution in [0.3, 0.4) is 0 Å². The van der Waals surface area contributed by atoms with Crippen molar-refractivity contribution in [3.63, 3.8) is 0 Å². The van der Waals surface area contributed by atoms with Gasteiger partial charge in [0.25, 0.3) is 5.56 Å². The van der Waals surface area contributed by atoms with E-state index in [4.69, 9.17) is 9.47 Å². The minimum absolute atomic E-state index is 0.0455. The minimum atomic E-state index is -0.570. The van der Waals surface area contributed by atoms with Gasteiger partial charge in [0.05, 0.1) is 25.3 Å². The molecule has 1 saturated heterocycles. The lowest BCUT2D eigenvalue weighted by Crippen LogP contribution is -2.44. The zero-order valence-electron chi connectivity index (χ0n) is 21.6. The quantitative estimate of drug-likeness (QED) is 0.544. The lowest BCUT2D eigenvalue weighted by Gasteiger charge is -2.34. The summed E-state index contributed by atoms with van der Waals surface area (Å²) in [6.45, 7) is 8.00. The van der Waals surface area contributed by atoms with Crippen molar-refractivity contribution in [1.82, 2.24) is 14.8 Å². The van der Waals surface area contributed by atoms with E-state index in [-0.39, 0.29) is 11.5 Å². The van der Waals surface area contributed by atoms with Gasteiger partial charge in [-0.3, -0.25) is 9.69 Å². The zero-order valence-corrected chi connectivity index (χ0v) is 21.6. The van der Waals surface area contributed by atoms with Crippen LogP contribution in [-0.4, -0.2) is 73.1 Å². The number of piperidine rings is 1. The third kappa shape index (κ3) is 5.72. The molecule has 2 N–H and O–H groups in total. The van der Waals surface area contributed by atoms with E-state index >= 15 is 0 Å². The number of nitrogens with one attached hydrogen (secondary N) is 1. The molecule has 0 spiro atoms. The van der Waals surface area contributed by atoms with Crippen molar-refractivity contribution in [2.24, 2.45) is 5.92 Å². The van der Waals surface area contributed by atoms with Gasteiger partial charge in [-0.05, 0) is 56.1 Å². The fourth-order valence-electron chi connectivity index (χ4n) is 5.22. The number of aliphatic hydroxyl groups is 1. The number of rotatable bonds is 8. The van der Waals surface area contributed by atoms with Gasteiger partial charge in [-0.1, -0.05) is 25.1 Å². The molecule has 1 fully saturated rings. The van der Waals surface area contributed by atoms with Crippen LogP contribution in [0.25, 0.3) is 10.9 Å². The molecule has 1 aromatic carbocycles. The van der Waals surface area contributed by atoms with Gasteiger partial charge in [-0.2, -0.15) is 0 Å². The molecule has 1 aliphatic heterocycles. The van der Waals surface area contributed by atoms with Crippen molar-refractivity contribution in [2.75, 3.05) is 40.4 Å². The third-order valence-electron chi connectivity index (χ3n) is 7.27. The number of esters is 1. The summed E-state index contributed by atoms with van der Waals surface area (Å²) in [5.74, 6) is 0.180. The highest BCUT2D eigenvalue weighted by Gasteiger charge is 2.25. The Morgan fingerprint density at radius 2 is 1.94 bits per heavy atom. The topological polar surface area (TPSA) is 93.0 Å². The number of aryl methyl sites for hydroxylation is 1. The van der Waals surface area contributed by atoms with E-state index in [1.807, 2.05) is 38.1 Å². The predicted molar refractivity (Wildman–Crippen MR) is 140 cm³/mol. The zero-order chi connectivity index (χ0) is 25.8. The normalized spacial score (nSPS) is 21.2. The molecule has 1 aromatic heterocycles. The van der Waals surface area contributed by atoms with Crippen LogP contribution < -0.4 is 10.9 Å². The number of methoxy groups -OCH3 is 2. The molecular weight excluding hydrogens is 458 g/mol. The Balaban J connectivity index is 1.34. The van der Waals surface area contributed by atoms with Crippen LogP contribution in [0, 0.1) is 12.8 Å². The number of benzene rings is 1. The number of aliphatic hydroxyl groups excluding tert-OH is 1. The molecule has 0 bridgehead atoms. The first kappa shape index (κ1) is 26.1. The van der Waals surface area contributed by atoms with Gasteiger partial charge in [0.15, 0.2) is 0 Å². The number of hydrogen-bond donors (Lipinski definition) is 2. The number of hydrogen-bond acceptors (Lipinski definition) is 7. The molecular formula is C28H37N3O5. The molecule has 8 heteroatoms. The molecule has 36 heavy (non-hydrogen) atoms. The van der Waals surface area contributed by atoms with Crippen molar-refractivity contribution < 1.29 is 19.4 Å². The van der Waals surface area contributed by atoms with Gasteiger partial charge in [-0.15, -0.1) is 0 Å². The van der Waals surface area contributed by atoms with Gasteiger partial charge in [0, 0.05) is 43.0 Å². The largest absolute Gasteiger partial charge is 0.498 e. The van der Waals surface area contributed by atoms with Crippen molar-refractivity contribution in [3.05, 3.63) is 69.2 Å². The molecule has 2 atom stereocenters. The highest BCUT2D eigenvalue weighted by Crippen LogP contribution is 2.25. The number of fused-ring (bicyclic) bond motifs is 1. The summed E-state index contributed by atoms with van der Waals surface area (Å²) in [6.07, 6.45) is 5.58. The second-order valence-corrected chi connectivity index (χ2v) is 9.86. The van der Waals surface area contributed by atoms with E-state index in [1.165, 1.54) is 18.7 Å². The standard InChI is InChI=1S/C28H37N3O5/c1-18-5-6-22-23(28(34)36-4)16-26(32)31(24(22)13-18)12-9-29-21-7-10-30(11-8-21)17-20-14-19(2)27(33)25(15-20)35-3/h5-6,13-16,19,21,27,29,33H,7-12,17H2,1-4H3. The number of ether oxygens (including phenoxy) is 2. The maximum Gasteiger partial charge on any atom is 0.338 e. The van der Waals surface area contributed by atoms with Crippen LogP contribution in [0.1, 0.15) is 35.7 Å². The van der Waals surface area contributed by atoms with E-state index in [2.05, 4.69) is 16.3 Å². The smallest absolute Gasteiger partial charge is 0.338 e. The van der Waals surface area contributed by atoms with E-state index in [1.54, 1.807) is 11.7 Å². The first-order chi connectivity index (χ1) is 17.3. The fourth-order valence-corrected chi connectivity index (χ4v) is 5.22. The average Bonchev–Trinajstić information content (AvgIpc) is 2.87. The third-order valence-corrected chi connectivity index (χ3v) is 7.27. The molecule has 2 unspecified atom stereocenters. The molecule has 4 rings (SSSR count). The molecule has 0 radical (unpaired) electrons. The lowest BCUT2D eigenvalue weighted by molar-refractivity contribution is 0.0602. The number of aromatic nitrogens is 1. The summed E-state index contributed by atoms with van der Waals surface area (Å²) in [6, 6.07) is 7.54. The molecule has 1 aliphatic carbocycles. The SMILES string of the molecule is COC(=O)c1cc(=O)n(CCNC2CCN(CC3=CC(C)C(O)C(OC)=C3)CC2)c2cc(C)ccc12. The monoisotopic (exact) mass is 495 g/mol. The predicted octanol–water partition coefficient (Wildman–Crippen LogP) is 2.62. The van der Waals surface area contributed by atoms with Gasteiger partial charge < -0.3 is 24.5 Å². The second-order valence-electron chi connectivity index (χ2n) is 9.86. The Kier molecular flexibility index (Phi) is 8.28. The van der Waals surface area contributed by atoms with Crippen LogP contribution in [0.5, 0.6) is 0 Å². The number of pyridine rings is 1. The van der Waals surface area contributed by atoms with Crippen LogP contribution in [0.4, 0.5) is 0 Å². The van der Waals surface area contributed by atoms with E-state index < -0.39 is 12.1 Å². The summed E-state index contributed by atoms with van der Waals surface area (Å²) in [5, 5.41) is 14.5. The van der Waals surface area contributed by atoms with Crippen molar-refractivity contribution >= 4 is 16.9 Å². The average molecular weight is 496 g/mol. The Labute approximate surface area is 212 Å². The Morgan fingerprint density at radius 1 is 1.19 bits per heavy atom. The van der Waals surface area contributed by atoms with E-state index in [0.717, 1.165) is 48.9 Å². The molecule has 2 heterocycles. The molecule has 0 saturated carbocycles. The number of carbonyl (C=O) groups is 1. The van der Waals surface area contributed by atoms with Gasteiger partial charge >= 0.3 is 5.97 Å². The highest BCUT2D eigenvalue weighted by molar-refractivity contribution is 6.03. The van der Waals surface area contributed by atoms with Crippen LogP contribution in [0.2, 0.25) is 0 Å². The van der Waals surface area contributed by atoms with Crippen LogP contribution in [-0.2, 0) is 16.0 Å². The maximum absolute atomic E-state index is 12.9. The number of carbonyl (C=O) groups excluding carboxylic acids is 1. The van der Waals surface area contributed by atoms with Crippen molar-refractivity contribution in [1.29, 1.82) is 0 Å². The van der Waals surface area contributed by atoms with Crippen LogP contribution >= 0.6 is 0 Å². The van der Waals surface area contributed by atoms with Crippen molar-refractivity contribution in [2.45, 2.75) is 45.4 Å². The molecule has 0 amide bonds. The van der Waals surface area contributed by atoms with Crippen LogP contribution in [0.15, 0.2) is 52.5 Å². The van der Waals surface area contributed by atoms with E-state index in [9.17, 15) is 14.7 Å². The Morgan fingerprint density at radius 3 is 2.64 bits per heavy atom. The van der Waals surface area contributed by atoms with Gasteiger partial charge in [-0.25, -0.2) is 4.79 Å². The maximum atomic E-state index is 12.9. The van der Waals surface area contributed by atoms with E-state index in [0.29, 0.717) is 30.5 Å². The first-order valence-corrected chi connectivity index (χ1v) is 12.6. The molecule has 2 aliphatic rings. The van der Waals surface area contributed by atoms with Gasteiger partial charge in [0.1, 0.15) is 11.9 Å². The number of likely N-dealkylation sites (tertiary alicyclic amines) is 1.